The Morgan fingerprint density at radius 2 is 1.79 bits per heavy atom. The number of morpholine rings is 1. The van der Waals surface area contributed by atoms with Crippen LogP contribution in [0.2, 0.25) is 0 Å². The second-order valence-corrected chi connectivity index (χ2v) is 20.3. The summed E-state index contributed by atoms with van der Waals surface area (Å²) >= 11 is 1.37. The maximum absolute atomic E-state index is 14.1. The number of pyridine rings is 1. The van der Waals surface area contributed by atoms with Gasteiger partial charge in [-0.3, -0.25) is 24.4 Å². The van der Waals surface area contributed by atoms with Gasteiger partial charge >= 0.3 is 18.0 Å². The van der Waals surface area contributed by atoms with Crippen molar-refractivity contribution in [2.24, 2.45) is 5.41 Å². The maximum Gasteiger partial charge on any atom is 0.408 e. The number of ether oxygens (including phenoxy) is 6. The highest BCUT2D eigenvalue weighted by Crippen LogP contribution is 2.47. The highest BCUT2D eigenvalue weighted by atomic mass is 32.1. The summed E-state index contributed by atoms with van der Waals surface area (Å²) in [4.78, 5) is 64.3. The first-order valence-electron chi connectivity index (χ1n) is 22.7. The third kappa shape index (κ3) is 11.1. The van der Waals surface area contributed by atoms with Crippen LogP contribution in [0, 0.1) is 5.41 Å². The van der Waals surface area contributed by atoms with E-state index in [0.29, 0.717) is 55.4 Å². The molecule has 3 aromatic heterocycles. The fourth-order valence-electron chi connectivity index (χ4n) is 9.02. The molecule has 2 fully saturated rings. The predicted octanol–water partition coefficient (Wildman–Crippen LogP) is 6.78. The topological polar surface area (TPSA) is 185 Å². The Balaban J connectivity index is 1.32. The monoisotopic (exact) mass is 931 g/mol. The number of nitrogens with zero attached hydrogens (tertiary/aromatic N) is 5. The Labute approximate surface area is 390 Å². The second kappa shape index (κ2) is 19.9. The van der Waals surface area contributed by atoms with Gasteiger partial charge in [0.2, 0.25) is 0 Å². The van der Waals surface area contributed by atoms with Crippen LogP contribution in [0.1, 0.15) is 97.5 Å². The molecule has 2 N–H and O–H groups in total. The van der Waals surface area contributed by atoms with Gasteiger partial charge in [-0.05, 0) is 84.6 Å². The van der Waals surface area contributed by atoms with Crippen molar-refractivity contribution in [3.63, 3.8) is 0 Å². The lowest BCUT2D eigenvalue weighted by atomic mass is 9.84. The molecule has 0 saturated carbocycles. The molecule has 2 saturated heterocycles. The van der Waals surface area contributed by atoms with Crippen molar-refractivity contribution >= 4 is 51.9 Å². The minimum atomic E-state index is -1.06. The summed E-state index contributed by atoms with van der Waals surface area (Å²) in [6, 6.07) is 4.61. The van der Waals surface area contributed by atoms with Crippen LogP contribution in [0.3, 0.4) is 0 Å². The van der Waals surface area contributed by atoms with E-state index in [-0.39, 0.29) is 37.3 Å². The number of carbonyl (C=O) groups excluding carboxylic acids is 4. The molecular formula is C48H65N7O10S. The number of anilines is 1. The summed E-state index contributed by atoms with van der Waals surface area (Å²) in [5.41, 5.74) is 8.90. The quantitative estimate of drug-likeness (QED) is 0.0997. The number of thiazole rings is 1. The van der Waals surface area contributed by atoms with Gasteiger partial charge in [-0.2, -0.15) is 0 Å². The van der Waals surface area contributed by atoms with E-state index in [4.69, 9.17) is 38.4 Å². The molecule has 0 spiro atoms. The summed E-state index contributed by atoms with van der Waals surface area (Å²) in [6.45, 7) is 20.1. The number of hydrazine groups is 1. The van der Waals surface area contributed by atoms with Crippen LogP contribution in [0.15, 0.2) is 29.8 Å². The second-order valence-electron chi connectivity index (χ2n) is 19.4. The number of carbonyl (C=O) groups is 4. The molecule has 7 rings (SSSR count). The van der Waals surface area contributed by atoms with Crippen LogP contribution in [0.5, 0.6) is 5.75 Å². The van der Waals surface area contributed by atoms with Gasteiger partial charge in [-0.1, -0.05) is 13.8 Å². The third-order valence-corrected chi connectivity index (χ3v) is 12.8. The summed E-state index contributed by atoms with van der Waals surface area (Å²) in [6.07, 6.45) is 2.64. The molecular weight excluding hydrogens is 867 g/mol. The Bertz CT molecular complexity index is 2430. The maximum atomic E-state index is 14.1. The third-order valence-electron chi connectivity index (χ3n) is 12.0. The van der Waals surface area contributed by atoms with Gasteiger partial charge in [0.25, 0.3) is 5.91 Å². The molecule has 0 radical (unpaired) electrons. The number of methoxy groups -OCH3 is 2. The van der Waals surface area contributed by atoms with Gasteiger partial charge in [0.05, 0.1) is 78.1 Å². The number of nitrogens with one attached hydrogen (secondary N) is 2. The van der Waals surface area contributed by atoms with E-state index in [0.717, 1.165) is 57.8 Å². The van der Waals surface area contributed by atoms with Crippen molar-refractivity contribution in [3.05, 3.63) is 46.0 Å². The van der Waals surface area contributed by atoms with Crippen molar-refractivity contribution in [2.45, 2.75) is 131 Å². The molecule has 358 valence electrons. The van der Waals surface area contributed by atoms with Gasteiger partial charge in [-0.15, -0.1) is 11.3 Å². The highest BCUT2D eigenvalue weighted by Gasteiger charge is 2.36. The van der Waals surface area contributed by atoms with E-state index in [9.17, 15) is 19.2 Å². The lowest BCUT2D eigenvalue weighted by Gasteiger charge is -2.37. The first kappa shape index (κ1) is 48.6. The molecule has 0 unspecified atom stereocenters. The number of benzene rings is 1. The number of hydrogen-bond donors (Lipinski definition) is 2. The summed E-state index contributed by atoms with van der Waals surface area (Å²) in [7, 11) is 3.00. The first-order chi connectivity index (χ1) is 31.2. The van der Waals surface area contributed by atoms with Gasteiger partial charge < -0.3 is 43.2 Å². The number of aromatic nitrogens is 3. The molecule has 5 atom stereocenters. The highest BCUT2D eigenvalue weighted by molar-refractivity contribution is 7.10. The van der Waals surface area contributed by atoms with Crippen LogP contribution in [-0.4, -0.2) is 120 Å². The summed E-state index contributed by atoms with van der Waals surface area (Å²) in [5.74, 6) is -0.546. The average molecular weight is 932 g/mol. The van der Waals surface area contributed by atoms with Crippen LogP contribution in [0.25, 0.3) is 33.4 Å². The minimum absolute atomic E-state index is 0.0499. The van der Waals surface area contributed by atoms with E-state index < -0.39 is 41.1 Å². The average Bonchev–Trinajstić information content (AvgIpc) is 3.86. The van der Waals surface area contributed by atoms with E-state index in [2.05, 4.69) is 60.0 Å². The smallest absolute Gasteiger partial charge is 0.408 e. The number of hydrogen-bond acceptors (Lipinski definition) is 15. The number of rotatable bonds is 14. The van der Waals surface area contributed by atoms with E-state index in [1.165, 1.54) is 30.4 Å². The Morgan fingerprint density at radius 1 is 1.05 bits per heavy atom. The van der Waals surface area contributed by atoms with Crippen LogP contribution in [0.4, 0.5) is 10.5 Å². The van der Waals surface area contributed by atoms with E-state index in [1.54, 1.807) is 27.9 Å². The molecule has 0 aliphatic carbocycles. The molecule has 4 aromatic rings. The van der Waals surface area contributed by atoms with E-state index >= 15 is 0 Å². The lowest BCUT2D eigenvalue weighted by Crippen LogP contribution is -2.60. The molecule has 2 amide bonds. The van der Waals surface area contributed by atoms with Crippen molar-refractivity contribution in [2.75, 3.05) is 52.0 Å². The molecule has 1 aromatic carbocycles. The standard InChI is InChI=1S/C48H65N7O10S/c1-27-23-53(24-28(2)64-27)32-19-34(41(49-22-32)29(3)60-10)42-35(21-48(8,9)26-63-30(4)56)33-17-31(18-39-43(33)54(42)15-16-62-39)38-25-66-40(50-38)20-37(51-46(59)65-47(5,6)7)44(57)55-14-12-13-36(52-55)45(58)61-11/h17-19,22,25,27-29,36-37,52H,12-16,20-21,23-24,26H2,1-11H3,(H,51,59)/t27-,28+,29-,36-,37-/m0/s1. The number of amides is 2. The zero-order valence-corrected chi connectivity index (χ0v) is 40.9. The van der Waals surface area contributed by atoms with Crippen molar-refractivity contribution in [1.82, 2.24) is 30.3 Å². The molecule has 66 heavy (non-hydrogen) atoms. The summed E-state index contributed by atoms with van der Waals surface area (Å²) < 4.78 is 37.0. The molecule has 17 nitrogen and oxygen atoms in total. The summed E-state index contributed by atoms with van der Waals surface area (Å²) in [5, 5.41) is 7.65. The normalized spacial score (nSPS) is 19.8. The lowest BCUT2D eigenvalue weighted by molar-refractivity contribution is -0.150. The minimum Gasteiger partial charge on any atom is -0.489 e. The number of alkyl carbamates (subject to hydrolysis) is 1. The van der Waals surface area contributed by atoms with Crippen LogP contribution >= 0.6 is 11.3 Å². The first-order valence-corrected chi connectivity index (χ1v) is 23.6. The molecule has 3 aliphatic heterocycles. The van der Waals surface area contributed by atoms with Crippen molar-refractivity contribution in [1.29, 1.82) is 0 Å². The Kier molecular flexibility index (Phi) is 14.7. The fraction of sp³-hybridized carbons (Fsp3) is 0.583. The Hall–Kier alpha value is -5.30. The Morgan fingerprint density at radius 3 is 2.47 bits per heavy atom. The van der Waals surface area contributed by atoms with Gasteiger partial charge in [-0.25, -0.2) is 15.2 Å². The van der Waals surface area contributed by atoms with E-state index in [1.807, 2.05) is 24.6 Å². The largest absolute Gasteiger partial charge is 0.489 e. The predicted molar refractivity (Wildman–Crippen MR) is 250 cm³/mol. The zero-order chi connectivity index (χ0) is 47.7. The van der Waals surface area contributed by atoms with Crippen LogP contribution in [-0.2, 0) is 57.5 Å². The molecule has 0 bridgehead atoms. The van der Waals surface area contributed by atoms with Crippen molar-refractivity contribution in [3.8, 4) is 28.3 Å². The fourth-order valence-corrected chi connectivity index (χ4v) is 9.87. The molecule has 6 heterocycles. The van der Waals surface area contributed by atoms with Crippen LogP contribution < -0.4 is 20.4 Å². The van der Waals surface area contributed by atoms with Crippen molar-refractivity contribution < 1.29 is 47.6 Å². The molecule has 18 heteroatoms. The SMILES string of the molecule is COC(=O)[C@@H]1CCCN(C(=O)[C@H](Cc2nc(-c3cc4c5c(c3)c(CC(C)(C)COC(C)=O)c(-c3cc(N6C[C@@H](C)O[C@@H](C)C6)cnc3[C@H](C)OC)n5CCO4)cs2)NC(=O)OC(C)(C)C)N1. The number of esters is 2. The van der Waals surface area contributed by atoms with Gasteiger partial charge in [0.15, 0.2) is 0 Å². The molecule has 3 aliphatic rings. The van der Waals surface area contributed by atoms with Gasteiger partial charge in [0, 0.05) is 67.4 Å². The van der Waals surface area contributed by atoms with Gasteiger partial charge in [0.1, 0.15) is 30.0 Å². The zero-order valence-electron chi connectivity index (χ0n) is 40.1.